The lowest BCUT2D eigenvalue weighted by Gasteiger charge is -2.31. The molecule has 0 spiro atoms. The third-order valence-electron chi connectivity index (χ3n) is 4.91. The number of amides is 1. The second-order valence-electron chi connectivity index (χ2n) is 6.98. The second kappa shape index (κ2) is 8.14. The number of piperidine rings is 1. The quantitative estimate of drug-likeness (QED) is 0.707. The van der Waals surface area contributed by atoms with Gasteiger partial charge in [-0.25, -0.2) is 14.6 Å². The van der Waals surface area contributed by atoms with Crippen LogP contribution in [-0.2, 0) is 11.3 Å². The van der Waals surface area contributed by atoms with Crippen molar-refractivity contribution in [2.75, 3.05) is 25.0 Å². The summed E-state index contributed by atoms with van der Waals surface area (Å²) in [6, 6.07) is 4.23. The Morgan fingerprint density at radius 1 is 1.41 bits per heavy atom. The number of hydrogen-bond donors (Lipinski definition) is 1. The molecule has 3 aromatic rings. The Hall–Kier alpha value is -2.32. The third kappa shape index (κ3) is 4.17. The number of aryl methyl sites for hydroxylation is 1. The van der Waals surface area contributed by atoms with Crippen molar-refractivity contribution in [3.63, 3.8) is 0 Å². The number of anilines is 1. The molecule has 4 rings (SSSR count). The van der Waals surface area contributed by atoms with E-state index in [4.69, 9.17) is 4.98 Å². The first kappa shape index (κ1) is 18.1. The number of aromatic nitrogens is 4. The van der Waals surface area contributed by atoms with E-state index in [1.54, 1.807) is 6.20 Å². The molecule has 7 nitrogen and oxygen atoms in total. The first-order valence-electron chi connectivity index (χ1n) is 9.47. The van der Waals surface area contributed by atoms with Gasteiger partial charge in [0.1, 0.15) is 0 Å². The summed E-state index contributed by atoms with van der Waals surface area (Å²) in [5.74, 6) is 0.343. The fraction of sp³-hybridized carbons (Fsp3) is 0.474. The zero-order valence-electron chi connectivity index (χ0n) is 15.5. The van der Waals surface area contributed by atoms with Crippen molar-refractivity contribution in [3.05, 3.63) is 35.6 Å². The lowest BCUT2D eigenvalue weighted by atomic mass is 9.94. The number of rotatable bonds is 6. The van der Waals surface area contributed by atoms with Crippen molar-refractivity contribution in [1.82, 2.24) is 24.6 Å². The number of fused-ring (bicyclic) bond motifs is 1. The van der Waals surface area contributed by atoms with Crippen LogP contribution in [0.4, 0.5) is 5.13 Å². The van der Waals surface area contributed by atoms with Crippen LogP contribution in [0.3, 0.4) is 0 Å². The van der Waals surface area contributed by atoms with Crippen LogP contribution in [0.2, 0.25) is 0 Å². The maximum atomic E-state index is 12.3. The predicted molar refractivity (Wildman–Crippen MR) is 107 cm³/mol. The molecule has 1 unspecified atom stereocenters. The van der Waals surface area contributed by atoms with Crippen molar-refractivity contribution in [3.8, 4) is 0 Å². The van der Waals surface area contributed by atoms with E-state index in [2.05, 4.69) is 39.4 Å². The maximum Gasteiger partial charge on any atom is 0.240 e. The van der Waals surface area contributed by atoms with E-state index in [-0.39, 0.29) is 5.91 Å². The molecule has 142 valence electrons. The Kier molecular flexibility index (Phi) is 5.45. The number of nitrogens with zero attached hydrogens (tertiary/aromatic N) is 5. The molecule has 1 amide bonds. The van der Waals surface area contributed by atoms with Crippen LogP contribution in [0, 0.1) is 0 Å². The monoisotopic (exact) mass is 384 g/mol. The highest BCUT2D eigenvalue weighted by molar-refractivity contribution is 7.13. The van der Waals surface area contributed by atoms with Crippen molar-refractivity contribution >= 4 is 33.4 Å². The summed E-state index contributed by atoms with van der Waals surface area (Å²) in [7, 11) is 0. The number of hydrogen-bond acceptors (Lipinski definition) is 6. The molecule has 27 heavy (non-hydrogen) atoms. The van der Waals surface area contributed by atoms with Gasteiger partial charge in [-0.15, -0.1) is 11.3 Å². The second-order valence-corrected chi connectivity index (χ2v) is 7.87. The van der Waals surface area contributed by atoms with Crippen molar-refractivity contribution in [2.24, 2.45) is 0 Å². The zero-order chi connectivity index (χ0) is 18.6. The Bertz CT molecular complexity index is 906. The molecule has 3 aromatic heterocycles. The number of thiazole rings is 1. The van der Waals surface area contributed by atoms with Gasteiger partial charge in [-0.2, -0.15) is 5.10 Å². The number of likely N-dealkylation sites (tertiary alicyclic amines) is 1. The van der Waals surface area contributed by atoms with Gasteiger partial charge in [0.2, 0.25) is 5.91 Å². The van der Waals surface area contributed by atoms with Gasteiger partial charge in [-0.1, -0.05) is 6.92 Å². The van der Waals surface area contributed by atoms with Crippen LogP contribution in [0.25, 0.3) is 11.0 Å². The predicted octanol–water partition coefficient (Wildman–Crippen LogP) is 3.12. The molecular formula is C19H24N6OS. The minimum atomic E-state index is -0.00460. The van der Waals surface area contributed by atoms with Crippen LogP contribution < -0.4 is 5.32 Å². The highest BCUT2D eigenvalue weighted by Gasteiger charge is 2.24. The Morgan fingerprint density at radius 2 is 2.33 bits per heavy atom. The van der Waals surface area contributed by atoms with E-state index >= 15 is 0 Å². The number of pyridine rings is 1. The first-order chi connectivity index (χ1) is 13.2. The van der Waals surface area contributed by atoms with Crippen molar-refractivity contribution < 1.29 is 4.79 Å². The normalized spacial score (nSPS) is 18.0. The summed E-state index contributed by atoms with van der Waals surface area (Å²) in [4.78, 5) is 23.5. The molecule has 0 bridgehead atoms. The minimum absolute atomic E-state index is 0.00460. The zero-order valence-corrected chi connectivity index (χ0v) is 16.3. The van der Waals surface area contributed by atoms with Gasteiger partial charge in [-0.05, 0) is 37.9 Å². The number of nitrogens with one attached hydrogen (secondary N) is 1. The van der Waals surface area contributed by atoms with E-state index in [1.165, 1.54) is 11.3 Å². The molecule has 1 aliphatic heterocycles. The van der Waals surface area contributed by atoms with Crippen molar-refractivity contribution in [2.45, 2.75) is 38.6 Å². The van der Waals surface area contributed by atoms with Gasteiger partial charge in [0.05, 0.1) is 12.7 Å². The highest BCUT2D eigenvalue weighted by Crippen LogP contribution is 2.27. The van der Waals surface area contributed by atoms with E-state index < -0.39 is 0 Å². The smallest absolute Gasteiger partial charge is 0.240 e. The van der Waals surface area contributed by atoms with Crippen LogP contribution in [0.15, 0.2) is 29.9 Å². The molecule has 0 radical (unpaired) electrons. The fourth-order valence-corrected chi connectivity index (χ4v) is 4.20. The average Bonchev–Trinajstić information content (AvgIpc) is 3.32. The molecule has 0 aliphatic carbocycles. The maximum absolute atomic E-state index is 12.3. The lowest BCUT2D eigenvalue weighted by molar-refractivity contribution is -0.117. The van der Waals surface area contributed by atoms with Gasteiger partial charge < -0.3 is 5.32 Å². The molecule has 0 saturated carbocycles. The topological polar surface area (TPSA) is 75.9 Å². The van der Waals surface area contributed by atoms with E-state index in [0.29, 0.717) is 17.6 Å². The Labute approximate surface area is 162 Å². The third-order valence-corrected chi connectivity index (χ3v) is 5.60. The average molecular weight is 385 g/mol. The molecule has 8 heteroatoms. The molecule has 1 aliphatic rings. The van der Waals surface area contributed by atoms with Crippen LogP contribution >= 0.6 is 11.3 Å². The summed E-state index contributed by atoms with van der Waals surface area (Å²) in [5, 5.41) is 10.9. The summed E-state index contributed by atoms with van der Waals surface area (Å²) in [5.41, 5.74) is 2.07. The van der Waals surface area contributed by atoms with E-state index in [0.717, 1.165) is 55.6 Å². The van der Waals surface area contributed by atoms with Gasteiger partial charge in [0.25, 0.3) is 0 Å². The van der Waals surface area contributed by atoms with E-state index in [1.807, 2.05) is 16.3 Å². The lowest BCUT2D eigenvalue weighted by Crippen LogP contribution is -2.40. The van der Waals surface area contributed by atoms with Gasteiger partial charge in [0, 0.05) is 41.7 Å². The summed E-state index contributed by atoms with van der Waals surface area (Å²) < 4.78 is 1.99. The number of carbonyl (C=O) groups is 1. The molecule has 4 heterocycles. The summed E-state index contributed by atoms with van der Waals surface area (Å²) in [6.07, 6.45) is 6.79. The molecule has 1 N–H and O–H groups in total. The van der Waals surface area contributed by atoms with Gasteiger partial charge in [-0.3, -0.25) is 9.69 Å². The SMILES string of the molecule is CCCn1ncc2ccc(C3CCCN(CC(=O)Nc4nccs4)C3)nc21. The summed E-state index contributed by atoms with van der Waals surface area (Å²) in [6.45, 7) is 5.22. The number of carbonyl (C=O) groups excluding carboxylic acids is 1. The molecule has 1 saturated heterocycles. The minimum Gasteiger partial charge on any atom is -0.301 e. The Morgan fingerprint density at radius 3 is 3.15 bits per heavy atom. The molecule has 1 atom stereocenters. The van der Waals surface area contributed by atoms with Crippen LogP contribution in [-0.4, -0.2) is 50.2 Å². The first-order valence-corrected chi connectivity index (χ1v) is 10.3. The Balaban J connectivity index is 1.43. The molecule has 0 aromatic carbocycles. The van der Waals surface area contributed by atoms with Crippen LogP contribution in [0.1, 0.15) is 37.8 Å². The van der Waals surface area contributed by atoms with Gasteiger partial charge in [0.15, 0.2) is 10.8 Å². The fourth-order valence-electron chi connectivity index (χ4n) is 3.66. The van der Waals surface area contributed by atoms with Crippen molar-refractivity contribution in [1.29, 1.82) is 0 Å². The standard InChI is InChI=1S/C19H24N6OS/c1-2-8-25-18-14(11-21-25)5-6-16(22-18)15-4-3-9-24(12-15)13-17(26)23-19-20-7-10-27-19/h5-7,10-11,15H,2-4,8-9,12-13H2,1H3,(H,20,23,26). The van der Waals surface area contributed by atoms with E-state index in [9.17, 15) is 4.79 Å². The molecule has 1 fully saturated rings. The van der Waals surface area contributed by atoms with Gasteiger partial charge >= 0.3 is 0 Å². The molecular weight excluding hydrogens is 360 g/mol. The largest absolute Gasteiger partial charge is 0.301 e. The highest BCUT2D eigenvalue weighted by atomic mass is 32.1. The summed E-state index contributed by atoms with van der Waals surface area (Å²) >= 11 is 1.44. The van der Waals surface area contributed by atoms with Crippen LogP contribution in [0.5, 0.6) is 0 Å².